The summed E-state index contributed by atoms with van der Waals surface area (Å²) in [5.41, 5.74) is 3.14. The Morgan fingerprint density at radius 3 is 2.50 bits per heavy atom. The minimum atomic E-state index is -0.380. The van der Waals surface area contributed by atoms with Gasteiger partial charge in [0.25, 0.3) is 0 Å². The predicted molar refractivity (Wildman–Crippen MR) is 131 cm³/mol. The molecule has 0 amide bonds. The standard InChI is InChI=1S/C23H24Br3N3O/c1-2-9-28-10-7-23(8-11-28)29-21(18-12-17(25)13-19(26)22(18)30-23)14-20(27-29)15-3-5-16(24)6-4-15/h3-6,12-13,21H,2,7-11,14H2,1H3/t21-/m1/s1. The molecule has 158 valence electrons. The predicted octanol–water partition coefficient (Wildman–Crippen LogP) is 6.72. The Bertz CT molecular complexity index is 984. The van der Waals surface area contributed by atoms with Gasteiger partial charge >= 0.3 is 0 Å². The summed E-state index contributed by atoms with van der Waals surface area (Å²) in [6, 6.07) is 12.9. The molecule has 0 bridgehead atoms. The van der Waals surface area contributed by atoms with Gasteiger partial charge in [0.05, 0.1) is 16.2 Å². The molecule has 3 aliphatic heterocycles. The van der Waals surface area contributed by atoms with Crippen LogP contribution < -0.4 is 4.74 Å². The molecule has 2 aromatic carbocycles. The molecule has 30 heavy (non-hydrogen) atoms. The number of halogens is 3. The van der Waals surface area contributed by atoms with Crippen molar-refractivity contribution in [3.63, 3.8) is 0 Å². The fourth-order valence-corrected chi connectivity index (χ4v) is 6.49. The third-order valence-corrected chi connectivity index (χ3v) is 7.95. The second kappa shape index (κ2) is 8.23. The smallest absolute Gasteiger partial charge is 0.200 e. The monoisotopic (exact) mass is 595 g/mol. The van der Waals surface area contributed by atoms with Gasteiger partial charge in [-0.2, -0.15) is 5.10 Å². The van der Waals surface area contributed by atoms with Gasteiger partial charge in [-0.1, -0.05) is 50.9 Å². The van der Waals surface area contributed by atoms with Crippen LogP contribution in [-0.4, -0.2) is 41.0 Å². The van der Waals surface area contributed by atoms with Crippen LogP contribution in [0.5, 0.6) is 5.75 Å². The van der Waals surface area contributed by atoms with Gasteiger partial charge in [-0.15, -0.1) is 0 Å². The molecule has 2 aromatic rings. The van der Waals surface area contributed by atoms with Crippen LogP contribution in [0.4, 0.5) is 0 Å². The molecule has 1 atom stereocenters. The molecule has 7 heteroatoms. The molecule has 0 radical (unpaired) electrons. The van der Waals surface area contributed by atoms with E-state index in [4.69, 9.17) is 9.84 Å². The number of hydrogen-bond donors (Lipinski definition) is 0. The summed E-state index contributed by atoms with van der Waals surface area (Å²) in [6.07, 6.45) is 4.00. The number of likely N-dealkylation sites (tertiary alicyclic amines) is 1. The summed E-state index contributed by atoms with van der Waals surface area (Å²) >= 11 is 11.0. The Morgan fingerprint density at radius 2 is 1.80 bits per heavy atom. The molecule has 5 rings (SSSR count). The molecule has 1 fully saturated rings. The van der Waals surface area contributed by atoms with Crippen molar-refractivity contribution in [1.82, 2.24) is 9.91 Å². The van der Waals surface area contributed by atoms with Crippen LogP contribution in [0.25, 0.3) is 0 Å². The summed E-state index contributed by atoms with van der Waals surface area (Å²) in [4.78, 5) is 2.55. The number of piperidine rings is 1. The summed E-state index contributed by atoms with van der Waals surface area (Å²) in [6.45, 7) is 5.49. The largest absolute Gasteiger partial charge is 0.465 e. The van der Waals surface area contributed by atoms with Crippen LogP contribution in [0.3, 0.4) is 0 Å². The summed E-state index contributed by atoms with van der Waals surface area (Å²) < 4.78 is 9.96. The first-order chi connectivity index (χ1) is 14.5. The van der Waals surface area contributed by atoms with Crippen molar-refractivity contribution < 1.29 is 4.74 Å². The maximum atomic E-state index is 6.81. The quantitative estimate of drug-likeness (QED) is 0.393. The maximum Gasteiger partial charge on any atom is 0.200 e. The van der Waals surface area contributed by atoms with Gasteiger partial charge in [-0.25, -0.2) is 5.01 Å². The van der Waals surface area contributed by atoms with E-state index < -0.39 is 0 Å². The molecule has 0 N–H and O–H groups in total. The first kappa shape index (κ1) is 21.0. The van der Waals surface area contributed by atoms with E-state index in [1.54, 1.807) is 0 Å². The lowest BCUT2D eigenvalue weighted by molar-refractivity contribution is -0.150. The highest BCUT2D eigenvalue weighted by atomic mass is 79.9. The average molecular weight is 598 g/mol. The Labute approximate surface area is 203 Å². The molecule has 0 unspecified atom stereocenters. The second-order valence-electron chi connectivity index (χ2n) is 8.31. The van der Waals surface area contributed by atoms with E-state index in [1.165, 1.54) is 17.5 Å². The van der Waals surface area contributed by atoms with E-state index in [1.807, 2.05) is 0 Å². The molecular weight excluding hydrogens is 574 g/mol. The Morgan fingerprint density at radius 1 is 1.07 bits per heavy atom. The summed E-state index contributed by atoms with van der Waals surface area (Å²) in [7, 11) is 0. The SMILES string of the molecule is CCCN1CCC2(CC1)Oc1c(Br)cc(Br)cc1[C@H]1CC(c3ccc(Br)cc3)=NN12. The Kier molecular flexibility index (Phi) is 5.75. The van der Waals surface area contributed by atoms with Gasteiger partial charge in [0.1, 0.15) is 5.75 Å². The second-order valence-corrected chi connectivity index (χ2v) is 11.0. The highest BCUT2D eigenvalue weighted by Gasteiger charge is 2.52. The van der Waals surface area contributed by atoms with Gasteiger partial charge in [0, 0.05) is 46.9 Å². The van der Waals surface area contributed by atoms with Crippen molar-refractivity contribution in [3.8, 4) is 5.75 Å². The highest BCUT2D eigenvalue weighted by Crippen LogP contribution is 2.52. The van der Waals surface area contributed by atoms with Crippen LogP contribution >= 0.6 is 47.8 Å². The maximum absolute atomic E-state index is 6.81. The number of hydrogen-bond acceptors (Lipinski definition) is 4. The third kappa shape index (κ3) is 3.65. The molecule has 0 saturated carbocycles. The van der Waals surface area contributed by atoms with E-state index >= 15 is 0 Å². The van der Waals surface area contributed by atoms with Crippen molar-refractivity contribution in [1.29, 1.82) is 0 Å². The van der Waals surface area contributed by atoms with Gasteiger partial charge < -0.3 is 9.64 Å². The zero-order chi connectivity index (χ0) is 20.9. The first-order valence-corrected chi connectivity index (χ1v) is 12.9. The molecule has 4 nitrogen and oxygen atoms in total. The molecule has 3 aliphatic rings. The van der Waals surface area contributed by atoms with Crippen molar-refractivity contribution in [2.75, 3.05) is 19.6 Å². The number of fused-ring (bicyclic) bond motifs is 4. The first-order valence-electron chi connectivity index (χ1n) is 10.5. The van der Waals surface area contributed by atoms with Crippen molar-refractivity contribution >= 4 is 53.5 Å². The van der Waals surface area contributed by atoms with Crippen LogP contribution in [0.1, 0.15) is 49.8 Å². The Balaban J connectivity index is 1.55. The molecule has 0 aliphatic carbocycles. The molecular formula is C23H24Br3N3O. The van der Waals surface area contributed by atoms with E-state index in [-0.39, 0.29) is 11.8 Å². The fraction of sp³-hybridized carbons (Fsp3) is 0.435. The lowest BCUT2D eigenvalue weighted by Crippen LogP contribution is -2.59. The lowest BCUT2D eigenvalue weighted by atomic mass is 9.90. The molecule has 1 spiro atoms. The van der Waals surface area contributed by atoms with Gasteiger partial charge in [-0.3, -0.25) is 0 Å². The lowest BCUT2D eigenvalue weighted by Gasteiger charge is -2.51. The number of rotatable bonds is 3. The van der Waals surface area contributed by atoms with Crippen LogP contribution in [0, 0.1) is 0 Å². The summed E-state index contributed by atoms with van der Waals surface area (Å²) in [5.74, 6) is 0.982. The minimum absolute atomic E-state index is 0.193. The number of benzene rings is 2. The minimum Gasteiger partial charge on any atom is -0.465 e. The summed E-state index contributed by atoms with van der Waals surface area (Å²) in [5, 5.41) is 7.46. The highest BCUT2D eigenvalue weighted by molar-refractivity contribution is 9.11. The van der Waals surface area contributed by atoms with E-state index in [9.17, 15) is 0 Å². The van der Waals surface area contributed by atoms with Gasteiger partial charge in [-0.05, 0) is 58.7 Å². The zero-order valence-electron chi connectivity index (χ0n) is 16.9. The fourth-order valence-electron chi connectivity index (χ4n) is 4.89. The van der Waals surface area contributed by atoms with Crippen LogP contribution in [0.15, 0.2) is 54.9 Å². The van der Waals surface area contributed by atoms with Crippen molar-refractivity contribution in [2.24, 2.45) is 5.10 Å². The number of nitrogens with zero attached hydrogens (tertiary/aromatic N) is 3. The normalized spacial score (nSPS) is 22.5. The van der Waals surface area contributed by atoms with Crippen molar-refractivity contribution in [3.05, 3.63) is 60.9 Å². The number of ether oxygens (including phenoxy) is 1. The average Bonchev–Trinajstić information content (AvgIpc) is 3.18. The topological polar surface area (TPSA) is 28.1 Å². The van der Waals surface area contributed by atoms with Crippen molar-refractivity contribution in [2.45, 2.75) is 44.4 Å². The zero-order valence-corrected chi connectivity index (χ0v) is 21.6. The molecule has 0 aromatic heterocycles. The van der Waals surface area contributed by atoms with Gasteiger partial charge in [0.15, 0.2) is 0 Å². The van der Waals surface area contributed by atoms with Crippen LogP contribution in [0.2, 0.25) is 0 Å². The van der Waals surface area contributed by atoms with Gasteiger partial charge in [0.2, 0.25) is 5.72 Å². The van der Waals surface area contributed by atoms with Crippen LogP contribution in [-0.2, 0) is 0 Å². The van der Waals surface area contributed by atoms with E-state index in [0.29, 0.717) is 0 Å². The van der Waals surface area contributed by atoms with E-state index in [0.717, 1.165) is 63.8 Å². The van der Waals surface area contributed by atoms with E-state index in [2.05, 4.69) is 101 Å². The molecule has 1 saturated heterocycles. The Hall–Kier alpha value is -0.890. The molecule has 3 heterocycles. The number of hydrazone groups is 1. The third-order valence-electron chi connectivity index (χ3n) is 6.37.